The second-order valence-electron chi connectivity index (χ2n) is 3.25. The van der Waals surface area contributed by atoms with Crippen molar-refractivity contribution < 1.29 is 14.4 Å². The normalized spacial score (nSPS) is 9.76. The van der Waals surface area contributed by atoms with Crippen molar-refractivity contribution in [3.63, 3.8) is 0 Å². The van der Waals surface area contributed by atoms with Gasteiger partial charge in [0, 0.05) is 56.9 Å². The van der Waals surface area contributed by atoms with Gasteiger partial charge in [-0.2, -0.15) is 0 Å². The molecule has 0 fully saturated rings. The van der Waals surface area contributed by atoms with Gasteiger partial charge in [-0.05, 0) is 13.0 Å². The fraction of sp³-hybridized carbons (Fsp3) is 0.0909. The van der Waals surface area contributed by atoms with Gasteiger partial charge in [-0.15, -0.1) is 0 Å². The van der Waals surface area contributed by atoms with Gasteiger partial charge in [0.25, 0.3) is 0 Å². The molecule has 2 aromatic rings. The van der Waals surface area contributed by atoms with Crippen molar-refractivity contribution in [1.82, 2.24) is 5.16 Å². The van der Waals surface area contributed by atoms with Crippen LogP contribution in [0.25, 0.3) is 11.3 Å². The van der Waals surface area contributed by atoms with Crippen LogP contribution >= 0.6 is 11.6 Å². The van der Waals surface area contributed by atoms with Gasteiger partial charge < -0.3 is 9.63 Å². The number of benzene rings is 1. The summed E-state index contributed by atoms with van der Waals surface area (Å²) in [5.74, 6) is -0.809. The minimum absolute atomic E-state index is 0. The molecule has 0 aliphatic rings. The summed E-state index contributed by atoms with van der Waals surface area (Å²) in [6.45, 7) is 1.55. The molecule has 0 saturated heterocycles. The topological polar surface area (TPSA) is 63.3 Å². The van der Waals surface area contributed by atoms with Crippen LogP contribution in [0, 0.1) is 6.92 Å². The molecule has 1 heterocycles. The van der Waals surface area contributed by atoms with Crippen molar-refractivity contribution in [2.24, 2.45) is 0 Å². The molecule has 1 radical (unpaired) electrons. The van der Waals surface area contributed by atoms with Crippen LogP contribution in [0.5, 0.6) is 0 Å². The summed E-state index contributed by atoms with van der Waals surface area (Å²) in [6, 6.07) is 6.90. The quantitative estimate of drug-likeness (QED) is 0.857. The fourth-order valence-corrected chi connectivity index (χ4v) is 1.69. The number of carbonyl (C=O) groups is 1. The Bertz CT molecular complexity index is 553. The number of carboxylic acid groups (broad SMARTS) is 1. The van der Waals surface area contributed by atoms with Gasteiger partial charge in [-0.3, -0.25) is 0 Å². The fourth-order valence-electron chi connectivity index (χ4n) is 1.46. The monoisotopic (exact) mass is 276 g/mol. The third kappa shape index (κ3) is 2.99. The van der Waals surface area contributed by atoms with Gasteiger partial charge in [-0.1, -0.05) is 35.0 Å². The van der Waals surface area contributed by atoms with Crippen molar-refractivity contribution >= 4 is 69.0 Å². The summed E-state index contributed by atoms with van der Waals surface area (Å²) in [6.07, 6.45) is 0. The smallest absolute Gasteiger partial charge is 0.341 e. The number of aromatic nitrogens is 1. The molecule has 0 aliphatic heterocycles. The van der Waals surface area contributed by atoms with E-state index in [1.807, 2.05) is 0 Å². The van der Waals surface area contributed by atoms with Crippen LogP contribution in [0.15, 0.2) is 28.8 Å². The Morgan fingerprint density at radius 3 is 2.65 bits per heavy atom. The number of aryl methyl sites for hydroxylation is 1. The Morgan fingerprint density at radius 2 is 2.06 bits per heavy atom. The summed E-state index contributed by atoms with van der Waals surface area (Å²) in [5.41, 5.74) is 0.863. The summed E-state index contributed by atoms with van der Waals surface area (Å²) in [4.78, 5) is 11.0. The van der Waals surface area contributed by atoms with Crippen LogP contribution in [0.3, 0.4) is 0 Å². The van der Waals surface area contributed by atoms with Crippen molar-refractivity contribution in [2.45, 2.75) is 6.92 Å². The molecule has 0 amide bonds. The summed E-state index contributed by atoms with van der Waals surface area (Å²) in [7, 11) is 0. The zero-order chi connectivity index (χ0) is 11.7. The molecule has 83 valence electrons. The molecule has 17 heavy (non-hydrogen) atoms. The van der Waals surface area contributed by atoms with Gasteiger partial charge in [0.1, 0.15) is 17.0 Å². The molecule has 1 aromatic carbocycles. The minimum Gasteiger partial charge on any atom is -0.477 e. The SMILES string of the molecule is Cc1onc(-c2ccccc2Cl)c1C(=O)O.[K]. The molecular weight excluding hydrogens is 269 g/mol. The molecular formula is C11H8ClKNO3. The van der Waals surface area contributed by atoms with Crippen LogP contribution in [0.2, 0.25) is 5.02 Å². The summed E-state index contributed by atoms with van der Waals surface area (Å²) < 4.78 is 4.88. The van der Waals surface area contributed by atoms with E-state index in [0.29, 0.717) is 10.6 Å². The Balaban J connectivity index is 0.00000144. The van der Waals surface area contributed by atoms with E-state index in [-0.39, 0.29) is 68.4 Å². The van der Waals surface area contributed by atoms with E-state index in [0.717, 1.165) is 0 Å². The molecule has 2 rings (SSSR count). The van der Waals surface area contributed by atoms with Crippen molar-refractivity contribution in [3.8, 4) is 11.3 Å². The van der Waals surface area contributed by atoms with Crippen molar-refractivity contribution in [2.75, 3.05) is 0 Å². The first-order valence-electron chi connectivity index (χ1n) is 4.55. The maximum absolute atomic E-state index is 11.0. The number of halogens is 1. The predicted molar refractivity (Wildman–Crippen MR) is 64.4 cm³/mol. The van der Waals surface area contributed by atoms with Crippen molar-refractivity contribution in [3.05, 3.63) is 40.6 Å². The molecule has 0 aliphatic carbocycles. The molecule has 0 atom stereocenters. The Hall–Kier alpha value is -0.174. The Morgan fingerprint density at radius 1 is 1.41 bits per heavy atom. The van der Waals surface area contributed by atoms with E-state index < -0.39 is 5.97 Å². The zero-order valence-electron chi connectivity index (χ0n) is 9.40. The number of carboxylic acids is 1. The van der Waals surface area contributed by atoms with Gasteiger partial charge >= 0.3 is 5.97 Å². The first-order valence-corrected chi connectivity index (χ1v) is 4.93. The molecule has 0 unspecified atom stereocenters. The van der Waals surface area contributed by atoms with Crippen LogP contribution in [0.4, 0.5) is 0 Å². The maximum atomic E-state index is 11.0. The van der Waals surface area contributed by atoms with E-state index in [9.17, 15) is 4.79 Å². The van der Waals surface area contributed by atoms with Gasteiger partial charge in [0.05, 0.1) is 5.02 Å². The van der Waals surface area contributed by atoms with Crippen LogP contribution in [-0.4, -0.2) is 67.6 Å². The molecule has 0 bridgehead atoms. The van der Waals surface area contributed by atoms with Crippen molar-refractivity contribution in [1.29, 1.82) is 0 Å². The van der Waals surface area contributed by atoms with Gasteiger partial charge in [0.2, 0.25) is 0 Å². The number of hydrogen-bond donors (Lipinski definition) is 1. The van der Waals surface area contributed by atoms with E-state index in [2.05, 4.69) is 5.16 Å². The second-order valence-corrected chi connectivity index (χ2v) is 3.65. The van der Waals surface area contributed by atoms with Gasteiger partial charge in [-0.25, -0.2) is 4.79 Å². The number of hydrogen-bond acceptors (Lipinski definition) is 3. The largest absolute Gasteiger partial charge is 0.477 e. The summed E-state index contributed by atoms with van der Waals surface area (Å²) in [5, 5.41) is 13.2. The molecule has 4 nitrogen and oxygen atoms in total. The van der Waals surface area contributed by atoms with Crippen LogP contribution < -0.4 is 0 Å². The maximum Gasteiger partial charge on any atom is 0.341 e. The van der Waals surface area contributed by atoms with E-state index in [1.165, 1.54) is 0 Å². The molecule has 0 saturated carbocycles. The Labute approximate surface area is 145 Å². The van der Waals surface area contributed by atoms with E-state index >= 15 is 0 Å². The number of aromatic carboxylic acids is 1. The zero-order valence-corrected chi connectivity index (χ0v) is 13.3. The predicted octanol–water partition coefficient (Wildman–Crippen LogP) is 2.62. The molecule has 1 N–H and O–H groups in total. The molecule has 6 heteroatoms. The number of nitrogens with zero attached hydrogens (tertiary/aromatic N) is 1. The van der Waals surface area contributed by atoms with E-state index in [1.54, 1.807) is 31.2 Å². The average molecular weight is 277 g/mol. The number of rotatable bonds is 2. The van der Waals surface area contributed by atoms with Crippen LogP contribution in [-0.2, 0) is 0 Å². The first kappa shape index (κ1) is 14.9. The van der Waals surface area contributed by atoms with E-state index in [4.69, 9.17) is 21.2 Å². The molecule has 0 spiro atoms. The second kappa shape index (κ2) is 6.13. The summed E-state index contributed by atoms with van der Waals surface area (Å²) >= 11 is 5.97. The third-order valence-electron chi connectivity index (χ3n) is 2.21. The molecule has 1 aromatic heterocycles. The van der Waals surface area contributed by atoms with Gasteiger partial charge in [0.15, 0.2) is 0 Å². The first-order chi connectivity index (χ1) is 7.61. The third-order valence-corrected chi connectivity index (χ3v) is 2.54. The minimum atomic E-state index is -1.08. The average Bonchev–Trinajstić information content (AvgIpc) is 2.61. The standard InChI is InChI=1S/C11H8ClNO3.K/c1-6-9(11(14)15)10(13-16-6)7-4-2-3-5-8(7)12;/h2-5H,1H3,(H,14,15);. The Kier molecular flexibility index (Phi) is 5.37. The van der Waals surface area contributed by atoms with Crippen LogP contribution in [0.1, 0.15) is 16.1 Å².